The Bertz CT molecular complexity index is 881. The van der Waals surface area contributed by atoms with Gasteiger partial charge in [-0.05, 0) is 50.9 Å². The van der Waals surface area contributed by atoms with E-state index in [1.54, 1.807) is 0 Å². The van der Waals surface area contributed by atoms with Gasteiger partial charge in [0.25, 0.3) is 0 Å². The van der Waals surface area contributed by atoms with Crippen LogP contribution >= 0.6 is 0 Å². The molecule has 2 saturated carbocycles. The number of imide groups is 1. The molecule has 2 aliphatic heterocycles. The Morgan fingerprint density at radius 2 is 1.78 bits per heavy atom. The van der Waals surface area contributed by atoms with Gasteiger partial charge in [-0.25, -0.2) is 22.9 Å². The number of nitrogens with zero attached hydrogens (tertiary/aromatic N) is 3. The number of nitrogens with one attached hydrogen (secondary N) is 2. The second-order valence-electron chi connectivity index (χ2n) is 11.7. The van der Waals surface area contributed by atoms with Crippen molar-refractivity contribution in [3.63, 3.8) is 0 Å². The summed E-state index contributed by atoms with van der Waals surface area (Å²) >= 11 is 0. The molecule has 5 unspecified atom stereocenters. The van der Waals surface area contributed by atoms with E-state index in [9.17, 15) is 18.0 Å². The van der Waals surface area contributed by atoms with Crippen molar-refractivity contribution in [2.45, 2.75) is 95.1 Å². The summed E-state index contributed by atoms with van der Waals surface area (Å²) in [5.41, 5.74) is 3.30. The van der Waals surface area contributed by atoms with Crippen molar-refractivity contribution in [2.24, 2.45) is 11.3 Å². The summed E-state index contributed by atoms with van der Waals surface area (Å²) in [5.74, 6) is -0.725. The van der Waals surface area contributed by atoms with Gasteiger partial charge in [0.1, 0.15) is 0 Å². The van der Waals surface area contributed by atoms with Crippen LogP contribution in [0.5, 0.6) is 0 Å². The highest BCUT2D eigenvalue weighted by Gasteiger charge is 2.52. The maximum Gasteiger partial charge on any atom is 0.326 e. The van der Waals surface area contributed by atoms with Crippen LogP contribution in [0.2, 0.25) is 0 Å². The van der Waals surface area contributed by atoms with E-state index < -0.39 is 21.2 Å². The number of sulfonamides is 1. The molecule has 3 amide bonds. The molecule has 4 fully saturated rings. The lowest BCUT2D eigenvalue weighted by Gasteiger charge is -2.48. The maximum absolute atomic E-state index is 13.1. The van der Waals surface area contributed by atoms with E-state index in [-0.39, 0.29) is 41.4 Å². The number of hydrogen-bond acceptors (Lipinski definition) is 6. The number of rotatable bonds is 5. The van der Waals surface area contributed by atoms with Gasteiger partial charge in [-0.3, -0.25) is 15.1 Å². The van der Waals surface area contributed by atoms with Crippen LogP contribution < -0.4 is 10.1 Å². The van der Waals surface area contributed by atoms with Crippen molar-refractivity contribution in [3.05, 3.63) is 0 Å². The molecule has 0 bridgehead atoms. The van der Waals surface area contributed by atoms with Gasteiger partial charge in [0.2, 0.25) is 15.9 Å². The lowest BCUT2D eigenvalue weighted by Crippen LogP contribution is -2.64. The Morgan fingerprint density at radius 1 is 1.12 bits per heavy atom. The molecular weight excluding hydrogens is 430 g/mol. The normalized spacial score (nSPS) is 35.9. The molecular formula is C22H39N5O4S. The Balaban J connectivity index is 1.50. The Kier molecular flexibility index (Phi) is 5.92. The van der Waals surface area contributed by atoms with Crippen LogP contribution in [0.4, 0.5) is 4.79 Å². The maximum atomic E-state index is 13.1. The van der Waals surface area contributed by atoms with Gasteiger partial charge in [-0.15, -0.1) is 0 Å². The van der Waals surface area contributed by atoms with Crippen LogP contribution in [-0.4, -0.2) is 84.7 Å². The molecule has 10 heteroatoms. The molecule has 9 nitrogen and oxygen atoms in total. The quantitative estimate of drug-likeness (QED) is 0.633. The van der Waals surface area contributed by atoms with Crippen LogP contribution in [-0.2, 0) is 14.8 Å². The number of urea groups is 1. The van der Waals surface area contributed by atoms with Gasteiger partial charge >= 0.3 is 6.03 Å². The van der Waals surface area contributed by atoms with E-state index in [2.05, 4.69) is 35.9 Å². The first-order chi connectivity index (χ1) is 14.7. The van der Waals surface area contributed by atoms with Gasteiger partial charge in [0, 0.05) is 44.3 Å². The molecule has 2 N–H and O–H groups in total. The Hall–Kier alpha value is -1.23. The van der Waals surface area contributed by atoms with Crippen molar-refractivity contribution in [1.82, 2.24) is 25.0 Å². The summed E-state index contributed by atoms with van der Waals surface area (Å²) in [5, 5.41) is 1.50. The Labute approximate surface area is 192 Å². The smallest absolute Gasteiger partial charge is 0.319 e. The molecule has 0 aromatic rings. The van der Waals surface area contributed by atoms with Gasteiger partial charge in [0.05, 0.1) is 11.2 Å². The van der Waals surface area contributed by atoms with E-state index in [0.29, 0.717) is 25.4 Å². The van der Waals surface area contributed by atoms with Gasteiger partial charge < -0.3 is 4.90 Å². The van der Waals surface area contributed by atoms with Crippen molar-refractivity contribution in [1.29, 1.82) is 0 Å². The lowest BCUT2D eigenvalue weighted by atomic mass is 9.80. The molecule has 182 valence electrons. The average Bonchev–Trinajstić information content (AvgIpc) is 3.28. The number of hydrazine groups is 1. The topological polar surface area (TPSA) is 102 Å². The van der Waals surface area contributed by atoms with E-state index in [0.717, 1.165) is 19.3 Å². The summed E-state index contributed by atoms with van der Waals surface area (Å²) in [6.07, 6.45) is 3.90. The van der Waals surface area contributed by atoms with E-state index in [1.165, 1.54) is 11.9 Å². The largest absolute Gasteiger partial charge is 0.326 e. The highest BCUT2D eigenvalue weighted by molar-refractivity contribution is 7.90. The van der Waals surface area contributed by atoms with E-state index >= 15 is 0 Å². The number of carbonyl (C=O) groups is 2. The standard InChI is InChI=1S/C22H39N5O4S/c1-21(2,3)18-11-14(26(6)23-18)13-27-17-8-7-15(32(30,31)24-22(4)9-10-22)12-16(17)19(28)25(5)20(27)29/h14-18,23-24H,7-13H2,1-6H3. The monoisotopic (exact) mass is 469 g/mol. The molecule has 0 aromatic heterocycles. The number of fused-ring (bicyclic) bond motifs is 1. The minimum Gasteiger partial charge on any atom is -0.319 e. The van der Waals surface area contributed by atoms with Crippen LogP contribution in [0, 0.1) is 11.3 Å². The molecule has 0 spiro atoms. The third-order valence-corrected chi connectivity index (χ3v) is 10.1. The summed E-state index contributed by atoms with van der Waals surface area (Å²) < 4.78 is 28.8. The third kappa shape index (κ3) is 4.43. The first-order valence-corrected chi connectivity index (χ1v) is 13.4. The van der Waals surface area contributed by atoms with Crippen molar-refractivity contribution >= 4 is 22.0 Å². The highest BCUT2D eigenvalue weighted by atomic mass is 32.2. The van der Waals surface area contributed by atoms with E-state index in [4.69, 9.17) is 0 Å². The fourth-order valence-corrected chi connectivity index (χ4v) is 7.41. The van der Waals surface area contributed by atoms with Crippen molar-refractivity contribution in [2.75, 3.05) is 20.6 Å². The molecule has 2 saturated heterocycles. The molecule has 0 radical (unpaired) electrons. The molecule has 32 heavy (non-hydrogen) atoms. The first-order valence-electron chi connectivity index (χ1n) is 11.8. The molecule has 4 rings (SSSR count). The molecule has 2 aliphatic carbocycles. The summed E-state index contributed by atoms with van der Waals surface area (Å²) in [7, 11) is 0.0244. The first kappa shape index (κ1) is 23.9. The third-order valence-electron chi connectivity index (χ3n) is 8.04. The second kappa shape index (κ2) is 7.92. The summed E-state index contributed by atoms with van der Waals surface area (Å²) in [6.45, 7) is 9.06. The van der Waals surface area contributed by atoms with E-state index in [1.807, 2.05) is 18.9 Å². The SMILES string of the molecule is CN1C(=O)C2CC(S(=O)(=O)NC3(C)CC3)CCC2N(CC2CC(C(C)(C)C)NN2C)C1=O. The fraction of sp³-hybridized carbons (Fsp3) is 0.909. The zero-order chi connectivity index (χ0) is 23.6. The van der Waals surface area contributed by atoms with Crippen LogP contribution in [0.25, 0.3) is 0 Å². The molecule has 5 atom stereocenters. The van der Waals surface area contributed by atoms with Crippen molar-refractivity contribution < 1.29 is 18.0 Å². The van der Waals surface area contributed by atoms with Gasteiger partial charge in [-0.2, -0.15) is 0 Å². The molecule has 0 aromatic carbocycles. The number of carbonyl (C=O) groups excluding carboxylic acids is 2. The average molecular weight is 470 g/mol. The highest BCUT2D eigenvalue weighted by Crippen LogP contribution is 2.40. The predicted octanol–water partition coefficient (Wildman–Crippen LogP) is 1.51. The minimum absolute atomic E-state index is 0.0990. The summed E-state index contributed by atoms with van der Waals surface area (Å²) in [4.78, 5) is 29.1. The zero-order valence-corrected chi connectivity index (χ0v) is 21.0. The van der Waals surface area contributed by atoms with Gasteiger partial charge in [-0.1, -0.05) is 20.8 Å². The second-order valence-corrected chi connectivity index (χ2v) is 13.7. The van der Waals surface area contributed by atoms with Crippen LogP contribution in [0.15, 0.2) is 0 Å². The Morgan fingerprint density at radius 3 is 2.34 bits per heavy atom. The fourth-order valence-electron chi connectivity index (χ4n) is 5.45. The number of amides is 3. The van der Waals surface area contributed by atoms with Crippen LogP contribution in [0.3, 0.4) is 0 Å². The molecule has 2 heterocycles. The predicted molar refractivity (Wildman–Crippen MR) is 122 cm³/mol. The number of hydrogen-bond donors (Lipinski definition) is 2. The zero-order valence-electron chi connectivity index (χ0n) is 20.2. The lowest BCUT2D eigenvalue weighted by molar-refractivity contribution is -0.139. The van der Waals surface area contributed by atoms with Crippen molar-refractivity contribution in [3.8, 4) is 0 Å². The summed E-state index contributed by atoms with van der Waals surface area (Å²) in [6, 6.07) is -0.0586. The molecule has 4 aliphatic rings. The minimum atomic E-state index is -3.50. The van der Waals surface area contributed by atoms with Crippen LogP contribution in [0.1, 0.15) is 66.2 Å². The van der Waals surface area contributed by atoms with Gasteiger partial charge in [0.15, 0.2) is 0 Å². The number of likely N-dealkylation sites (N-methyl/N-ethyl adjacent to an activating group) is 1.